The maximum atomic E-state index is 13.0. The number of benzene rings is 1. The Kier molecular flexibility index (Phi) is 4.54. The molecule has 3 aromatic heterocycles. The summed E-state index contributed by atoms with van der Waals surface area (Å²) in [5, 5.41) is 2.16. The highest BCUT2D eigenvalue weighted by Gasteiger charge is 2.14. The van der Waals surface area contributed by atoms with Crippen molar-refractivity contribution in [2.75, 3.05) is 0 Å². The van der Waals surface area contributed by atoms with Crippen molar-refractivity contribution in [2.24, 2.45) is 5.73 Å². The highest BCUT2D eigenvalue weighted by atomic mass is 32.1. The second-order valence-electron chi connectivity index (χ2n) is 5.98. The van der Waals surface area contributed by atoms with E-state index in [1.165, 1.54) is 11.5 Å². The third-order valence-corrected chi connectivity index (χ3v) is 4.95. The molecule has 3 heterocycles. The number of nitrogens with zero attached hydrogens (tertiary/aromatic N) is 2. The number of hydrogen-bond acceptors (Lipinski definition) is 5. The van der Waals surface area contributed by atoms with E-state index in [0.717, 1.165) is 33.4 Å². The molecule has 0 atom stereocenters. The van der Waals surface area contributed by atoms with Crippen molar-refractivity contribution in [2.45, 2.75) is 0 Å². The molecule has 0 unspecified atom stereocenters. The summed E-state index contributed by atoms with van der Waals surface area (Å²) in [7, 11) is 0. The fourth-order valence-electron chi connectivity index (χ4n) is 2.79. The Hall–Kier alpha value is -3.65. The molecule has 1 amide bonds. The van der Waals surface area contributed by atoms with E-state index in [9.17, 15) is 14.0 Å². The normalized spacial score (nSPS) is 11.3. The van der Waals surface area contributed by atoms with Gasteiger partial charge in [-0.1, -0.05) is 24.3 Å². The zero-order valence-corrected chi connectivity index (χ0v) is 15.2. The summed E-state index contributed by atoms with van der Waals surface area (Å²) in [5.74, 6) is -1.51. The van der Waals surface area contributed by atoms with Crippen LogP contribution in [0, 0.1) is 5.95 Å². The number of carbonyl (C=O) groups is 2. The van der Waals surface area contributed by atoms with E-state index in [0.29, 0.717) is 11.2 Å². The van der Waals surface area contributed by atoms with Gasteiger partial charge in [-0.3, -0.25) is 9.59 Å². The van der Waals surface area contributed by atoms with E-state index in [4.69, 9.17) is 5.73 Å². The number of pyridine rings is 1. The Labute approximate surface area is 162 Å². The number of fused-ring (bicyclic) bond motifs is 1. The van der Waals surface area contributed by atoms with Crippen molar-refractivity contribution in [3.8, 4) is 11.1 Å². The van der Waals surface area contributed by atoms with Crippen molar-refractivity contribution < 1.29 is 14.0 Å². The monoisotopic (exact) mass is 392 g/mol. The van der Waals surface area contributed by atoms with Crippen LogP contribution in [-0.2, 0) is 4.79 Å². The lowest BCUT2D eigenvalue weighted by molar-refractivity contribution is -0.113. The summed E-state index contributed by atoms with van der Waals surface area (Å²) in [6.45, 7) is 0. The average molecular weight is 392 g/mol. The molecular formula is C20H13FN4O2S. The molecular weight excluding hydrogens is 379 g/mol. The van der Waals surface area contributed by atoms with Gasteiger partial charge in [0.1, 0.15) is 5.65 Å². The molecule has 1 aromatic carbocycles. The van der Waals surface area contributed by atoms with E-state index >= 15 is 0 Å². The Bertz CT molecular complexity index is 1220. The van der Waals surface area contributed by atoms with Crippen LogP contribution in [0.4, 0.5) is 4.39 Å². The van der Waals surface area contributed by atoms with Crippen LogP contribution < -0.4 is 5.73 Å². The molecule has 8 heteroatoms. The molecule has 0 spiro atoms. The molecule has 4 aromatic rings. The molecule has 0 aliphatic heterocycles. The summed E-state index contributed by atoms with van der Waals surface area (Å²) in [6.07, 6.45) is 6.38. The van der Waals surface area contributed by atoms with Crippen LogP contribution in [0.1, 0.15) is 20.9 Å². The molecule has 28 heavy (non-hydrogen) atoms. The van der Waals surface area contributed by atoms with Crippen molar-refractivity contribution in [1.82, 2.24) is 15.0 Å². The number of amides is 1. The minimum atomic E-state index is -0.656. The number of carbonyl (C=O) groups excluding carboxylic acids is 2. The molecule has 138 valence electrons. The van der Waals surface area contributed by atoms with Gasteiger partial charge in [0.05, 0.1) is 0 Å². The molecule has 6 nitrogen and oxygen atoms in total. The number of thiazole rings is 1. The van der Waals surface area contributed by atoms with Gasteiger partial charge < -0.3 is 10.7 Å². The molecule has 0 bridgehead atoms. The lowest BCUT2D eigenvalue weighted by atomic mass is 10.0. The summed E-state index contributed by atoms with van der Waals surface area (Å²) in [6, 6.07) is 8.88. The van der Waals surface area contributed by atoms with Gasteiger partial charge in [0, 0.05) is 45.9 Å². The van der Waals surface area contributed by atoms with Crippen molar-refractivity contribution in [1.29, 1.82) is 0 Å². The van der Waals surface area contributed by atoms with E-state index in [1.807, 2.05) is 6.07 Å². The topological polar surface area (TPSA) is 102 Å². The number of halogens is 1. The maximum Gasteiger partial charge on any atom is 0.241 e. The first kappa shape index (κ1) is 17.7. The first-order valence-corrected chi connectivity index (χ1v) is 9.10. The first-order valence-electron chi connectivity index (χ1n) is 8.22. The lowest BCUT2D eigenvalue weighted by Gasteiger charge is -2.04. The van der Waals surface area contributed by atoms with E-state index in [2.05, 4.69) is 15.0 Å². The summed E-state index contributed by atoms with van der Waals surface area (Å²) in [4.78, 5) is 34.3. The van der Waals surface area contributed by atoms with Crippen LogP contribution in [0.2, 0.25) is 0 Å². The van der Waals surface area contributed by atoms with Gasteiger partial charge in [-0.2, -0.15) is 4.39 Å². The Morgan fingerprint density at radius 2 is 1.96 bits per heavy atom. The van der Waals surface area contributed by atoms with E-state index in [-0.39, 0.29) is 10.8 Å². The molecule has 0 radical (unpaired) electrons. The third-order valence-electron chi connectivity index (χ3n) is 4.14. The largest absolute Gasteiger partial charge is 0.366 e. The van der Waals surface area contributed by atoms with Crippen LogP contribution in [0.5, 0.6) is 0 Å². The fraction of sp³-hybridized carbons (Fsp3) is 0. The number of nitrogens with one attached hydrogen (secondary N) is 1. The molecule has 0 saturated heterocycles. The predicted octanol–water partition coefficient (Wildman–Crippen LogP) is 3.56. The molecule has 4 rings (SSSR count). The zero-order chi connectivity index (χ0) is 19.7. The van der Waals surface area contributed by atoms with Gasteiger partial charge in [0.25, 0.3) is 0 Å². The van der Waals surface area contributed by atoms with Crippen LogP contribution >= 0.6 is 11.3 Å². The van der Waals surface area contributed by atoms with E-state index in [1.54, 1.807) is 42.7 Å². The fourth-order valence-corrected chi connectivity index (χ4v) is 3.41. The van der Waals surface area contributed by atoms with E-state index < -0.39 is 11.9 Å². The van der Waals surface area contributed by atoms with Crippen molar-refractivity contribution >= 4 is 40.1 Å². The predicted molar refractivity (Wildman–Crippen MR) is 105 cm³/mol. The number of primary amides is 1. The number of H-pyrrole nitrogens is 1. The van der Waals surface area contributed by atoms with Gasteiger partial charge >= 0.3 is 0 Å². The average Bonchev–Trinajstić information content (AvgIpc) is 3.31. The standard InChI is InChI=1S/C20H13FN4O2S/c21-16-10-28-20(25-16)18(27)12-3-1-11(2-4-12)14-7-15-13(5-6-17(22)26)8-23-19(15)24-9-14/h1-10H,(H2,22,26)(H,23,24). The quantitative estimate of drug-likeness (QED) is 0.400. The molecule has 0 fully saturated rings. The zero-order valence-electron chi connectivity index (χ0n) is 14.3. The minimum Gasteiger partial charge on any atom is -0.366 e. The highest BCUT2D eigenvalue weighted by molar-refractivity contribution is 7.11. The number of rotatable bonds is 5. The second-order valence-corrected chi connectivity index (χ2v) is 6.84. The Balaban J connectivity index is 1.65. The smallest absolute Gasteiger partial charge is 0.241 e. The SMILES string of the molecule is NC(=O)C=Cc1c[nH]c2ncc(-c3ccc(C(=O)c4nc(F)cs4)cc3)cc12. The molecule has 3 N–H and O–H groups in total. The van der Waals surface area contributed by atoms with Crippen LogP contribution in [0.25, 0.3) is 28.2 Å². The van der Waals surface area contributed by atoms with Crippen molar-refractivity contribution in [3.05, 3.63) is 76.3 Å². The number of hydrogen-bond donors (Lipinski definition) is 2. The van der Waals surface area contributed by atoms with Crippen LogP contribution in [-0.4, -0.2) is 26.6 Å². The van der Waals surface area contributed by atoms with Gasteiger partial charge in [-0.05, 0) is 17.7 Å². The number of nitrogens with two attached hydrogens (primary N) is 1. The summed E-state index contributed by atoms with van der Waals surface area (Å²) >= 11 is 0.975. The number of ketones is 1. The minimum absolute atomic E-state index is 0.117. The number of aromatic amines is 1. The summed E-state index contributed by atoms with van der Waals surface area (Å²) < 4.78 is 13.0. The molecule has 0 aliphatic rings. The van der Waals surface area contributed by atoms with Crippen LogP contribution in [0.3, 0.4) is 0 Å². The lowest BCUT2D eigenvalue weighted by Crippen LogP contribution is -2.04. The van der Waals surface area contributed by atoms with Gasteiger partial charge in [0.15, 0.2) is 5.01 Å². The second kappa shape index (κ2) is 7.16. The van der Waals surface area contributed by atoms with Gasteiger partial charge in [0.2, 0.25) is 17.6 Å². The van der Waals surface area contributed by atoms with Crippen LogP contribution in [0.15, 0.2) is 54.2 Å². The Morgan fingerprint density at radius 1 is 1.18 bits per heavy atom. The Morgan fingerprint density at radius 3 is 2.64 bits per heavy atom. The molecule has 0 aliphatic carbocycles. The highest BCUT2D eigenvalue weighted by Crippen LogP contribution is 2.26. The van der Waals surface area contributed by atoms with Gasteiger partial charge in [-0.15, -0.1) is 11.3 Å². The summed E-state index contributed by atoms with van der Waals surface area (Å²) in [5.41, 5.74) is 8.77. The first-order chi connectivity index (χ1) is 13.5. The van der Waals surface area contributed by atoms with Crippen molar-refractivity contribution in [3.63, 3.8) is 0 Å². The number of aromatic nitrogens is 3. The van der Waals surface area contributed by atoms with Gasteiger partial charge in [-0.25, -0.2) is 9.97 Å². The molecule has 0 saturated carbocycles. The third kappa shape index (κ3) is 3.45. The maximum absolute atomic E-state index is 13.0.